The Balaban J connectivity index is 2.41. The van der Waals surface area contributed by atoms with E-state index in [1.54, 1.807) is 0 Å². The van der Waals surface area contributed by atoms with Crippen molar-refractivity contribution < 1.29 is 9.59 Å². The zero-order valence-corrected chi connectivity index (χ0v) is 9.32. The van der Waals surface area contributed by atoms with Crippen LogP contribution in [0.1, 0.15) is 37.7 Å². The molecule has 2 rings (SSSR count). The van der Waals surface area contributed by atoms with Gasteiger partial charge in [-0.05, 0) is 18.4 Å². The van der Waals surface area contributed by atoms with E-state index in [2.05, 4.69) is 0 Å². The molecule has 1 atom stereocenters. The Morgan fingerprint density at radius 1 is 1.19 bits per heavy atom. The van der Waals surface area contributed by atoms with Gasteiger partial charge in [0.1, 0.15) is 12.1 Å². The maximum absolute atomic E-state index is 12.1. The van der Waals surface area contributed by atoms with E-state index in [-0.39, 0.29) is 5.78 Å². The van der Waals surface area contributed by atoms with Crippen LogP contribution in [0.2, 0.25) is 0 Å². The van der Waals surface area contributed by atoms with Gasteiger partial charge in [0.15, 0.2) is 0 Å². The smallest absolute Gasteiger partial charge is 0.143 e. The molecule has 2 heteroatoms. The number of Topliss-reactive ketones (excluding diaryl/α,β-unsaturated/α-hetero) is 1. The van der Waals surface area contributed by atoms with E-state index >= 15 is 0 Å². The predicted molar refractivity (Wildman–Crippen MR) is 62.3 cm³/mol. The maximum atomic E-state index is 12.1. The minimum atomic E-state index is -0.527. The Kier molecular flexibility index (Phi) is 3.18. The van der Waals surface area contributed by atoms with Crippen LogP contribution < -0.4 is 0 Å². The average Bonchev–Trinajstić information content (AvgIpc) is 2.34. The molecule has 0 saturated heterocycles. The van der Waals surface area contributed by atoms with Gasteiger partial charge in [0.05, 0.1) is 5.41 Å². The summed E-state index contributed by atoms with van der Waals surface area (Å²) in [5.41, 5.74) is 0.480. The Morgan fingerprint density at radius 3 is 2.56 bits per heavy atom. The van der Waals surface area contributed by atoms with Crippen molar-refractivity contribution in [2.75, 3.05) is 0 Å². The number of carbonyl (C=O) groups is 2. The molecule has 0 bridgehead atoms. The Labute approximate surface area is 95.7 Å². The maximum Gasteiger partial charge on any atom is 0.143 e. The molecule has 16 heavy (non-hydrogen) atoms. The molecule has 0 heterocycles. The lowest BCUT2D eigenvalue weighted by Crippen LogP contribution is -2.39. The lowest BCUT2D eigenvalue weighted by atomic mass is 9.67. The summed E-state index contributed by atoms with van der Waals surface area (Å²) in [7, 11) is 0. The van der Waals surface area contributed by atoms with Gasteiger partial charge >= 0.3 is 0 Å². The van der Waals surface area contributed by atoms with Crippen molar-refractivity contribution in [3.05, 3.63) is 35.9 Å². The molecule has 0 aromatic heterocycles. The summed E-state index contributed by atoms with van der Waals surface area (Å²) in [5.74, 6) is 0.233. The molecular formula is C14H16O2. The van der Waals surface area contributed by atoms with Crippen molar-refractivity contribution in [2.45, 2.75) is 37.5 Å². The van der Waals surface area contributed by atoms with Crippen LogP contribution >= 0.6 is 0 Å². The van der Waals surface area contributed by atoms with Gasteiger partial charge in [0, 0.05) is 12.8 Å². The third-order valence-electron chi connectivity index (χ3n) is 3.55. The molecule has 0 radical (unpaired) electrons. The van der Waals surface area contributed by atoms with Gasteiger partial charge in [-0.1, -0.05) is 36.8 Å². The molecule has 0 aliphatic heterocycles. The number of hydrogen-bond donors (Lipinski definition) is 0. The fourth-order valence-electron chi connectivity index (χ4n) is 2.63. The number of carbonyl (C=O) groups excluding carboxylic acids is 2. The highest BCUT2D eigenvalue weighted by Crippen LogP contribution is 2.38. The number of ketones is 1. The molecule has 1 aliphatic carbocycles. The topological polar surface area (TPSA) is 34.1 Å². The van der Waals surface area contributed by atoms with Crippen molar-refractivity contribution in [2.24, 2.45) is 0 Å². The van der Waals surface area contributed by atoms with E-state index in [0.29, 0.717) is 12.8 Å². The monoisotopic (exact) mass is 216 g/mol. The lowest BCUT2D eigenvalue weighted by Gasteiger charge is -2.34. The molecular weight excluding hydrogens is 200 g/mol. The van der Waals surface area contributed by atoms with Crippen LogP contribution in [-0.2, 0) is 15.0 Å². The molecule has 0 amide bonds. The summed E-state index contributed by atoms with van der Waals surface area (Å²) in [6.45, 7) is 0. The Bertz CT molecular complexity index is 383. The molecule has 1 fully saturated rings. The summed E-state index contributed by atoms with van der Waals surface area (Å²) >= 11 is 0. The summed E-state index contributed by atoms with van der Waals surface area (Å²) in [5, 5.41) is 0. The first-order valence-corrected chi connectivity index (χ1v) is 5.82. The van der Waals surface area contributed by atoms with Crippen LogP contribution in [0.15, 0.2) is 30.3 Å². The zero-order chi connectivity index (χ0) is 11.4. The molecule has 84 valence electrons. The first-order valence-electron chi connectivity index (χ1n) is 5.82. The highest BCUT2D eigenvalue weighted by atomic mass is 16.1. The molecule has 0 spiro atoms. The van der Waals surface area contributed by atoms with Crippen molar-refractivity contribution in [3.8, 4) is 0 Å². The molecule has 1 aromatic carbocycles. The first kappa shape index (κ1) is 11.1. The second-order valence-electron chi connectivity index (χ2n) is 4.45. The molecule has 0 N–H and O–H groups in total. The van der Waals surface area contributed by atoms with Gasteiger partial charge in [-0.3, -0.25) is 4.79 Å². The third-order valence-corrected chi connectivity index (χ3v) is 3.55. The van der Waals surface area contributed by atoms with Crippen molar-refractivity contribution in [3.63, 3.8) is 0 Å². The van der Waals surface area contributed by atoms with Gasteiger partial charge in [0.2, 0.25) is 0 Å². The van der Waals surface area contributed by atoms with Crippen molar-refractivity contribution >= 4 is 12.1 Å². The normalized spacial score (nSPS) is 25.4. The van der Waals surface area contributed by atoms with E-state index in [1.165, 1.54) is 0 Å². The van der Waals surface area contributed by atoms with Gasteiger partial charge in [-0.25, -0.2) is 0 Å². The van der Waals surface area contributed by atoms with Crippen LogP contribution in [0.5, 0.6) is 0 Å². The van der Waals surface area contributed by atoms with Crippen LogP contribution in [0.3, 0.4) is 0 Å². The fourth-order valence-corrected chi connectivity index (χ4v) is 2.63. The van der Waals surface area contributed by atoms with E-state index in [9.17, 15) is 9.59 Å². The molecule has 1 saturated carbocycles. The lowest BCUT2D eigenvalue weighted by molar-refractivity contribution is -0.128. The molecule has 1 aliphatic rings. The standard InChI is InChI=1S/C14H16O2/c15-11-10-14(9-5-4-8-13(14)16)12-6-2-1-3-7-12/h1-3,6-7,11H,4-5,8-10H2/t14-/m0/s1. The third kappa shape index (κ3) is 1.80. The second-order valence-corrected chi connectivity index (χ2v) is 4.45. The zero-order valence-electron chi connectivity index (χ0n) is 9.32. The second kappa shape index (κ2) is 4.60. The minimum absolute atomic E-state index is 0.233. The number of aldehydes is 1. The quantitative estimate of drug-likeness (QED) is 0.728. The van der Waals surface area contributed by atoms with Crippen LogP contribution in [0.4, 0.5) is 0 Å². The average molecular weight is 216 g/mol. The van der Waals surface area contributed by atoms with E-state index in [0.717, 1.165) is 31.1 Å². The fraction of sp³-hybridized carbons (Fsp3) is 0.429. The summed E-state index contributed by atoms with van der Waals surface area (Å²) < 4.78 is 0. The van der Waals surface area contributed by atoms with E-state index in [4.69, 9.17) is 0 Å². The van der Waals surface area contributed by atoms with Crippen LogP contribution in [0, 0.1) is 0 Å². The Hall–Kier alpha value is -1.44. The van der Waals surface area contributed by atoms with Gasteiger partial charge in [-0.2, -0.15) is 0 Å². The minimum Gasteiger partial charge on any atom is -0.303 e. The summed E-state index contributed by atoms with van der Waals surface area (Å²) in [6.07, 6.45) is 4.64. The first-order chi connectivity index (χ1) is 7.79. The van der Waals surface area contributed by atoms with E-state index in [1.807, 2.05) is 30.3 Å². The van der Waals surface area contributed by atoms with E-state index < -0.39 is 5.41 Å². The largest absolute Gasteiger partial charge is 0.303 e. The number of hydrogen-bond acceptors (Lipinski definition) is 2. The number of rotatable bonds is 3. The molecule has 1 aromatic rings. The Morgan fingerprint density at radius 2 is 1.94 bits per heavy atom. The predicted octanol–water partition coefficient (Wildman–Crippen LogP) is 2.66. The SMILES string of the molecule is O=CC[C@]1(c2ccccc2)CCCCC1=O. The highest BCUT2D eigenvalue weighted by molar-refractivity contribution is 5.92. The van der Waals surface area contributed by atoms with Crippen molar-refractivity contribution in [1.29, 1.82) is 0 Å². The van der Waals surface area contributed by atoms with Crippen LogP contribution in [0.25, 0.3) is 0 Å². The van der Waals surface area contributed by atoms with Gasteiger partial charge < -0.3 is 4.79 Å². The van der Waals surface area contributed by atoms with Crippen molar-refractivity contribution in [1.82, 2.24) is 0 Å². The summed E-state index contributed by atoms with van der Waals surface area (Å²) in [4.78, 5) is 23.0. The van der Waals surface area contributed by atoms with Gasteiger partial charge in [0.25, 0.3) is 0 Å². The summed E-state index contributed by atoms with van der Waals surface area (Å²) in [6, 6.07) is 9.73. The van der Waals surface area contributed by atoms with Gasteiger partial charge in [-0.15, -0.1) is 0 Å². The number of benzene rings is 1. The molecule has 0 unspecified atom stereocenters. The van der Waals surface area contributed by atoms with Crippen LogP contribution in [-0.4, -0.2) is 12.1 Å². The molecule has 2 nitrogen and oxygen atoms in total. The highest BCUT2D eigenvalue weighted by Gasteiger charge is 2.40.